The van der Waals surface area contributed by atoms with Crippen LogP contribution in [0.3, 0.4) is 0 Å². The van der Waals surface area contributed by atoms with Gasteiger partial charge in [0.15, 0.2) is 0 Å². The molecule has 0 heterocycles. The minimum absolute atomic E-state index is 0.121. The summed E-state index contributed by atoms with van der Waals surface area (Å²) in [6, 6.07) is 16.9. The highest BCUT2D eigenvalue weighted by molar-refractivity contribution is 5.78. The molecule has 20 heavy (non-hydrogen) atoms. The van der Waals surface area contributed by atoms with E-state index >= 15 is 0 Å². The van der Waals surface area contributed by atoms with Crippen LogP contribution in [0.1, 0.15) is 0 Å². The molecule has 0 radical (unpaired) electrons. The number of benzene rings is 2. The van der Waals surface area contributed by atoms with Crippen LogP contribution in [0.15, 0.2) is 54.6 Å². The summed E-state index contributed by atoms with van der Waals surface area (Å²) in [5.41, 5.74) is 2.98. The predicted molar refractivity (Wildman–Crippen MR) is 78.8 cm³/mol. The average Bonchev–Trinajstić information content (AvgIpc) is 2.48. The maximum atomic E-state index is 11.0. The van der Waals surface area contributed by atoms with Gasteiger partial charge >= 0.3 is 5.97 Å². The van der Waals surface area contributed by atoms with Crippen LogP contribution in [0.4, 0.5) is 5.69 Å². The molecule has 4 nitrogen and oxygen atoms in total. The van der Waals surface area contributed by atoms with Crippen molar-refractivity contribution < 1.29 is 14.6 Å². The lowest BCUT2D eigenvalue weighted by atomic mass is 10.1. The molecule has 0 aliphatic rings. The number of anilines is 1. The fraction of sp³-hybridized carbons (Fsp3) is 0.188. The monoisotopic (exact) mass is 271 g/mol. The van der Waals surface area contributed by atoms with Gasteiger partial charge in [-0.25, -0.2) is 4.79 Å². The molecule has 0 aromatic heterocycles. The van der Waals surface area contributed by atoms with Crippen LogP contribution in [-0.4, -0.2) is 30.8 Å². The van der Waals surface area contributed by atoms with Gasteiger partial charge in [-0.3, -0.25) is 0 Å². The van der Waals surface area contributed by atoms with Gasteiger partial charge in [-0.1, -0.05) is 42.5 Å². The molecule has 4 heteroatoms. The molecule has 2 aromatic rings. The number of hydrogen-bond acceptors (Lipinski definition) is 3. The first kappa shape index (κ1) is 14.1. The van der Waals surface area contributed by atoms with E-state index < -0.39 is 12.0 Å². The number of nitrogens with one attached hydrogen (secondary N) is 1. The topological polar surface area (TPSA) is 58.6 Å². The first-order chi connectivity index (χ1) is 9.70. The van der Waals surface area contributed by atoms with Crippen LogP contribution < -0.4 is 5.32 Å². The lowest BCUT2D eigenvalue weighted by Crippen LogP contribution is -2.33. The normalized spacial score (nSPS) is 11.8. The summed E-state index contributed by atoms with van der Waals surface area (Å²) in [7, 11) is 1.48. The molecule has 0 bridgehead atoms. The fourth-order valence-corrected chi connectivity index (χ4v) is 1.93. The van der Waals surface area contributed by atoms with Crippen molar-refractivity contribution in [2.24, 2.45) is 0 Å². The third-order valence-electron chi connectivity index (χ3n) is 2.96. The van der Waals surface area contributed by atoms with Crippen LogP contribution in [0.25, 0.3) is 11.1 Å². The van der Waals surface area contributed by atoms with E-state index in [1.807, 2.05) is 54.6 Å². The molecular weight excluding hydrogens is 254 g/mol. The largest absolute Gasteiger partial charge is 0.480 e. The molecule has 0 saturated carbocycles. The van der Waals surface area contributed by atoms with Gasteiger partial charge < -0.3 is 15.2 Å². The minimum Gasteiger partial charge on any atom is -0.480 e. The maximum absolute atomic E-state index is 11.0. The first-order valence-corrected chi connectivity index (χ1v) is 6.34. The number of methoxy groups -OCH3 is 1. The van der Waals surface area contributed by atoms with Crippen LogP contribution in [0.5, 0.6) is 0 Å². The predicted octanol–water partition coefficient (Wildman–Crippen LogP) is 2.87. The minimum atomic E-state index is -0.931. The van der Waals surface area contributed by atoms with E-state index in [4.69, 9.17) is 9.84 Å². The van der Waals surface area contributed by atoms with E-state index in [1.165, 1.54) is 7.11 Å². The van der Waals surface area contributed by atoms with Gasteiger partial charge in [0.2, 0.25) is 0 Å². The molecule has 0 aliphatic heterocycles. The van der Waals surface area contributed by atoms with Crippen molar-refractivity contribution in [2.75, 3.05) is 19.0 Å². The van der Waals surface area contributed by atoms with Crippen molar-refractivity contribution in [1.82, 2.24) is 0 Å². The van der Waals surface area contributed by atoms with E-state index in [0.29, 0.717) is 0 Å². The van der Waals surface area contributed by atoms with Gasteiger partial charge in [0.1, 0.15) is 6.04 Å². The van der Waals surface area contributed by atoms with Gasteiger partial charge in [-0.15, -0.1) is 0 Å². The molecule has 1 atom stereocenters. The summed E-state index contributed by atoms with van der Waals surface area (Å²) >= 11 is 0. The summed E-state index contributed by atoms with van der Waals surface area (Å²) in [5, 5.41) is 12.0. The van der Waals surface area contributed by atoms with Crippen molar-refractivity contribution >= 4 is 11.7 Å². The number of rotatable bonds is 6. The second-order valence-corrected chi connectivity index (χ2v) is 4.43. The van der Waals surface area contributed by atoms with Gasteiger partial charge in [0.05, 0.1) is 6.61 Å². The van der Waals surface area contributed by atoms with E-state index in [9.17, 15) is 4.79 Å². The molecular formula is C16H17NO3. The average molecular weight is 271 g/mol. The summed E-state index contributed by atoms with van der Waals surface area (Å²) < 4.78 is 4.89. The van der Waals surface area contributed by atoms with Crippen molar-refractivity contribution in [2.45, 2.75) is 6.04 Å². The highest BCUT2D eigenvalue weighted by atomic mass is 16.5. The summed E-state index contributed by atoms with van der Waals surface area (Å²) in [5.74, 6) is -0.931. The van der Waals surface area contributed by atoms with Crippen LogP contribution in [0.2, 0.25) is 0 Å². The van der Waals surface area contributed by atoms with Gasteiger partial charge in [0.25, 0.3) is 0 Å². The Balaban J connectivity index is 2.10. The summed E-state index contributed by atoms with van der Waals surface area (Å²) in [6.07, 6.45) is 0. The number of carboxylic acid groups (broad SMARTS) is 1. The molecule has 0 saturated heterocycles. The Hall–Kier alpha value is -2.33. The van der Waals surface area contributed by atoms with Crippen molar-refractivity contribution in [3.8, 4) is 11.1 Å². The second-order valence-electron chi connectivity index (χ2n) is 4.43. The molecule has 1 unspecified atom stereocenters. The summed E-state index contributed by atoms with van der Waals surface area (Å²) in [4.78, 5) is 11.0. The second kappa shape index (κ2) is 6.73. The smallest absolute Gasteiger partial charge is 0.328 e. The molecule has 0 spiro atoms. The van der Waals surface area contributed by atoms with E-state index in [1.54, 1.807) is 0 Å². The molecule has 0 aliphatic carbocycles. The van der Waals surface area contributed by atoms with Crippen molar-refractivity contribution in [3.63, 3.8) is 0 Å². The number of carbonyl (C=O) groups is 1. The van der Waals surface area contributed by atoms with Gasteiger partial charge in [-0.05, 0) is 23.3 Å². The summed E-state index contributed by atoms with van der Waals surface area (Å²) in [6.45, 7) is 0.121. The maximum Gasteiger partial charge on any atom is 0.328 e. The zero-order valence-electron chi connectivity index (χ0n) is 11.2. The Morgan fingerprint density at radius 2 is 1.70 bits per heavy atom. The lowest BCUT2D eigenvalue weighted by molar-refractivity contribution is -0.139. The Morgan fingerprint density at radius 3 is 2.25 bits per heavy atom. The number of hydrogen-bond donors (Lipinski definition) is 2. The van der Waals surface area contributed by atoms with Crippen LogP contribution in [0, 0.1) is 0 Å². The molecule has 2 N–H and O–H groups in total. The Bertz CT molecular complexity index is 552. The number of ether oxygens (including phenoxy) is 1. The SMILES string of the molecule is COCC(Nc1ccc(-c2ccccc2)cc1)C(=O)O. The standard InChI is InChI=1S/C16H17NO3/c1-20-11-15(16(18)19)17-14-9-7-13(8-10-14)12-5-3-2-4-6-12/h2-10,15,17H,11H2,1H3,(H,18,19). The van der Waals surface area contributed by atoms with E-state index in [0.717, 1.165) is 16.8 Å². The molecule has 2 aromatic carbocycles. The Kier molecular flexibility index (Phi) is 4.74. The molecule has 104 valence electrons. The zero-order chi connectivity index (χ0) is 14.4. The zero-order valence-corrected chi connectivity index (χ0v) is 11.2. The van der Waals surface area contributed by atoms with Gasteiger partial charge in [0, 0.05) is 12.8 Å². The van der Waals surface area contributed by atoms with Crippen LogP contribution >= 0.6 is 0 Å². The highest BCUT2D eigenvalue weighted by Gasteiger charge is 2.16. The van der Waals surface area contributed by atoms with E-state index in [2.05, 4.69) is 5.32 Å². The van der Waals surface area contributed by atoms with Crippen molar-refractivity contribution in [3.05, 3.63) is 54.6 Å². The number of carboxylic acids is 1. The lowest BCUT2D eigenvalue weighted by Gasteiger charge is -2.15. The Morgan fingerprint density at radius 1 is 1.10 bits per heavy atom. The first-order valence-electron chi connectivity index (χ1n) is 6.34. The Labute approximate surface area is 118 Å². The van der Waals surface area contributed by atoms with Crippen LogP contribution in [-0.2, 0) is 9.53 Å². The fourth-order valence-electron chi connectivity index (χ4n) is 1.93. The number of aliphatic carboxylic acids is 1. The third-order valence-corrected chi connectivity index (χ3v) is 2.96. The molecule has 0 amide bonds. The third kappa shape index (κ3) is 3.59. The van der Waals surface area contributed by atoms with Gasteiger partial charge in [-0.2, -0.15) is 0 Å². The molecule has 0 fully saturated rings. The van der Waals surface area contributed by atoms with E-state index in [-0.39, 0.29) is 6.61 Å². The molecule has 2 rings (SSSR count). The van der Waals surface area contributed by atoms with Crippen molar-refractivity contribution in [1.29, 1.82) is 0 Å². The quantitative estimate of drug-likeness (QED) is 0.848. The highest BCUT2D eigenvalue weighted by Crippen LogP contribution is 2.21.